The van der Waals surface area contributed by atoms with Crippen molar-refractivity contribution in [2.75, 3.05) is 36.0 Å². The number of anilines is 4. The smallest absolute Gasteiger partial charge is 0.0988 e. The fraction of sp³-hybridized carbons (Fsp3) is 0.294. The molecule has 0 spiro atoms. The summed E-state index contributed by atoms with van der Waals surface area (Å²) in [5, 5.41) is 13.6. The van der Waals surface area contributed by atoms with Crippen LogP contribution in [0.3, 0.4) is 0 Å². The molecular formula is C34H35N5O2. The van der Waals surface area contributed by atoms with E-state index in [1.165, 1.54) is 33.6 Å². The average Bonchev–Trinajstić information content (AvgIpc) is 3.87. The summed E-state index contributed by atoms with van der Waals surface area (Å²) in [4.78, 5) is 7.30. The molecular weight excluding hydrogens is 510 g/mol. The van der Waals surface area contributed by atoms with Gasteiger partial charge in [0.05, 0.1) is 31.9 Å². The number of aryl methyl sites for hydroxylation is 4. The Morgan fingerprint density at radius 2 is 1.10 bits per heavy atom. The minimum Gasteiger partial charge on any atom is -0.391 e. The van der Waals surface area contributed by atoms with Crippen molar-refractivity contribution in [3.63, 3.8) is 0 Å². The van der Waals surface area contributed by atoms with E-state index in [9.17, 15) is 5.11 Å². The van der Waals surface area contributed by atoms with E-state index in [4.69, 9.17) is 10.3 Å². The molecule has 4 aromatic rings. The second-order valence-electron chi connectivity index (χ2n) is 10.8. The van der Waals surface area contributed by atoms with Gasteiger partial charge in [-0.25, -0.2) is 0 Å². The van der Waals surface area contributed by atoms with E-state index in [1.807, 2.05) is 24.3 Å². The number of hydrogen-bond acceptors (Lipinski definition) is 5. The third kappa shape index (κ3) is 6.23. The van der Waals surface area contributed by atoms with Crippen LogP contribution >= 0.6 is 0 Å². The largest absolute Gasteiger partial charge is 0.391 e. The van der Waals surface area contributed by atoms with Gasteiger partial charge in [-0.15, -0.1) is 0 Å². The molecule has 7 nitrogen and oxygen atoms in total. The molecule has 0 saturated carbocycles. The maximum absolute atomic E-state index is 10.2. The Hall–Kier alpha value is -4.29. The van der Waals surface area contributed by atoms with Gasteiger partial charge in [0.1, 0.15) is 0 Å². The molecule has 3 aliphatic rings. The third-order valence-corrected chi connectivity index (χ3v) is 7.99. The lowest BCUT2D eigenvalue weighted by Crippen LogP contribution is -2.31. The molecule has 0 bridgehead atoms. The number of benzene rings is 4. The molecule has 1 saturated heterocycles. The molecule has 208 valence electrons. The highest BCUT2D eigenvalue weighted by Gasteiger charge is 2.29. The van der Waals surface area contributed by atoms with E-state index >= 15 is 0 Å². The molecule has 7 rings (SSSR count). The highest BCUT2D eigenvalue weighted by molar-refractivity contribution is 5.72. The molecule has 1 fully saturated rings. The second kappa shape index (κ2) is 12.5. The van der Waals surface area contributed by atoms with E-state index in [1.54, 1.807) is 0 Å². The van der Waals surface area contributed by atoms with Gasteiger partial charge in [0.25, 0.3) is 0 Å². The first-order chi connectivity index (χ1) is 20.2. The lowest BCUT2D eigenvalue weighted by molar-refractivity contribution is 0.191. The van der Waals surface area contributed by atoms with Crippen LogP contribution in [0.1, 0.15) is 22.3 Å². The molecule has 3 aliphatic heterocycles. The van der Waals surface area contributed by atoms with Gasteiger partial charge >= 0.3 is 0 Å². The second-order valence-corrected chi connectivity index (χ2v) is 10.8. The third-order valence-electron chi connectivity index (χ3n) is 7.99. The number of fused-ring (bicyclic) bond motifs is 4. The van der Waals surface area contributed by atoms with Crippen LogP contribution < -0.4 is 9.80 Å². The Bertz CT molecular complexity index is 1450. The maximum atomic E-state index is 10.2. The van der Waals surface area contributed by atoms with Crippen molar-refractivity contribution in [3.8, 4) is 0 Å². The number of para-hydroxylation sites is 4. The summed E-state index contributed by atoms with van der Waals surface area (Å²) in [5.74, 6) is 0. The fourth-order valence-corrected chi connectivity index (χ4v) is 5.91. The van der Waals surface area contributed by atoms with E-state index in [0.29, 0.717) is 12.6 Å². The molecule has 0 aromatic heterocycles. The Morgan fingerprint density at radius 3 is 1.49 bits per heavy atom. The fourth-order valence-electron chi connectivity index (χ4n) is 5.91. The van der Waals surface area contributed by atoms with Crippen LogP contribution in [0.15, 0.2) is 102 Å². The lowest BCUT2D eigenvalue weighted by Gasteiger charge is -2.28. The quantitative estimate of drug-likeness (QED) is 0.123. The number of β-amino-alcohol motifs (C(OH)–C–C–N with tert-alkyl or cyclic N) is 1. The number of aliphatic hydroxyl groups is 1. The van der Waals surface area contributed by atoms with Gasteiger partial charge in [-0.1, -0.05) is 77.9 Å². The summed E-state index contributed by atoms with van der Waals surface area (Å²) in [7, 11) is 0. The molecule has 4 aromatic carbocycles. The molecule has 0 aliphatic carbocycles. The zero-order chi connectivity index (χ0) is 28.0. The van der Waals surface area contributed by atoms with Crippen molar-refractivity contribution in [3.05, 3.63) is 130 Å². The SMILES string of the molecule is [N-]=[N+]=NC[C@@H](O)CN1c2ccccc2CCc2ccccc21.c1ccc2c(c1)CCc1ccccc1N2C[C@H]1CO1. The summed E-state index contributed by atoms with van der Waals surface area (Å²) in [5.41, 5.74) is 18.8. The predicted octanol–water partition coefficient (Wildman–Crippen LogP) is 6.92. The van der Waals surface area contributed by atoms with E-state index in [0.717, 1.165) is 50.2 Å². The topological polar surface area (TPSA) is 88.0 Å². The van der Waals surface area contributed by atoms with E-state index in [2.05, 4.69) is 92.6 Å². The van der Waals surface area contributed by atoms with Crippen LogP contribution in [0.25, 0.3) is 10.4 Å². The Morgan fingerprint density at radius 1 is 0.707 bits per heavy atom. The van der Waals surface area contributed by atoms with Crippen LogP contribution in [-0.4, -0.2) is 43.6 Å². The number of epoxide rings is 1. The van der Waals surface area contributed by atoms with Gasteiger partial charge in [0.2, 0.25) is 0 Å². The number of aliphatic hydroxyl groups excluding tert-OH is 1. The van der Waals surface area contributed by atoms with Crippen molar-refractivity contribution < 1.29 is 9.84 Å². The average molecular weight is 546 g/mol. The van der Waals surface area contributed by atoms with Crippen LogP contribution in [-0.2, 0) is 30.4 Å². The van der Waals surface area contributed by atoms with E-state index < -0.39 is 6.10 Å². The number of rotatable bonds is 6. The normalized spacial score (nSPS) is 17.1. The highest BCUT2D eigenvalue weighted by Crippen LogP contribution is 2.37. The first-order valence-corrected chi connectivity index (χ1v) is 14.4. The minimum absolute atomic E-state index is 0.0807. The zero-order valence-electron chi connectivity index (χ0n) is 23.1. The zero-order valence-corrected chi connectivity index (χ0v) is 23.1. The van der Waals surface area contributed by atoms with Crippen molar-refractivity contribution >= 4 is 22.7 Å². The number of ether oxygens (including phenoxy) is 1. The minimum atomic E-state index is -0.699. The van der Waals surface area contributed by atoms with Crippen molar-refractivity contribution in [2.45, 2.75) is 37.9 Å². The standard InChI is InChI=1S/C17H18N4O.C17H17NO/c18-20-19-11-15(22)12-21-16-7-3-1-5-13(16)9-10-14-6-2-4-8-17(14)21;1-3-7-16-13(5-1)9-10-14-6-2-4-8-17(14)18(16)11-15-12-19-15/h1-8,15,22H,9-12H2;1-8,15H,9-12H2/t2*15-/m10/s1. The molecule has 3 heterocycles. The number of azide groups is 1. The van der Waals surface area contributed by atoms with Crippen LogP contribution in [0.2, 0.25) is 0 Å². The van der Waals surface area contributed by atoms with Crippen molar-refractivity contribution in [1.82, 2.24) is 0 Å². The highest BCUT2D eigenvalue weighted by atomic mass is 16.6. The van der Waals surface area contributed by atoms with Crippen molar-refractivity contribution in [2.24, 2.45) is 5.11 Å². The number of hydrogen-bond donors (Lipinski definition) is 1. The van der Waals surface area contributed by atoms with Gasteiger partial charge in [-0.05, 0) is 77.7 Å². The molecule has 0 radical (unpaired) electrons. The Balaban J connectivity index is 0.000000149. The molecule has 2 atom stereocenters. The van der Waals surface area contributed by atoms with Crippen LogP contribution in [0, 0.1) is 0 Å². The van der Waals surface area contributed by atoms with Crippen molar-refractivity contribution in [1.29, 1.82) is 0 Å². The van der Waals surface area contributed by atoms with Crippen LogP contribution in [0.4, 0.5) is 22.7 Å². The summed E-state index contributed by atoms with van der Waals surface area (Å²) in [6, 6.07) is 34.1. The van der Waals surface area contributed by atoms with E-state index in [-0.39, 0.29) is 6.54 Å². The van der Waals surface area contributed by atoms with Gasteiger partial charge < -0.3 is 19.6 Å². The summed E-state index contributed by atoms with van der Waals surface area (Å²) in [6.07, 6.45) is 3.91. The monoisotopic (exact) mass is 545 g/mol. The first-order valence-electron chi connectivity index (χ1n) is 14.4. The van der Waals surface area contributed by atoms with Gasteiger partial charge in [0, 0.05) is 34.2 Å². The summed E-state index contributed by atoms with van der Waals surface area (Å²) < 4.78 is 5.44. The van der Waals surface area contributed by atoms with Crippen LogP contribution in [0.5, 0.6) is 0 Å². The maximum Gasteiger partial charge on any atom is 0.0988 e. The summed E-state index contributed by atoms with van der Waals surface area (Å²) in [6.45, 7) is 2.36. The molecule has 0 amide bonds. The van der Waals surface area contributed by atoms with Gasteiger partial charge in [-0.3, -0.25) is 0 Å². The molecule has 1 N–H and O–H groups in total. The molecule has 7 heteroatoms. The number of nitrogens with zero attached hydrogens (tertiary/aromatic N) is 5. The Labute approximate surface area is 241 Å². The lowest BCUT2D eigenvalue weighted by atomic mass is 10.0. The molecule has 0 unspecified atom stereocenters. The predicted molar refractivity (Wildman–Crippen MR) is 164 cm³/mol. The summed E-state index contributed by atoms with van der Waals surface area (Å²) >= 11 is 0. The van der Waals surface area contributed by atoms with Gasteiger partial charge in [0.15, 0.2) is 0 Å². The molecule has 41 heavy (non-hydrogen) atoms. The Kier molecular flexibility index (Phi) is 8.19. The van der Waals surface area contributed by atoms with Gasteiger partial charge in [-0.2, -0.15) is 0 Å². The first kappa shape index (κ1) is 26.9.